The molecule has 0 amide bonds. The summed E-state index contributed by atoms with van der Waals surface area (Å²) in [5, 5.41) is 0. The van der Waals surface area contributed by atoms with Crippen molar-refractivity contribution in [3.05, 3.63) is 59.9 Å². The predicted molar refractivity (Wildman–Crippen MR) is 78.1 cm³/mol. The molecule has 0 aliphatic heterocycles. The topological polar surface area (TPSA) is 9.23 Å². The Hall–Kier alpha value is -2.30. The van der Waals surface area contributed by atoms with Crippen LogP contribution in [-0.4, -0.2) is 7.11 Å². The van der Waals surface area contributed by atoms with E-state index in [1.807, 2.05) is 0 Å². The molecule has 116 valence electrons. The van der Waals surface area contributed by atoms with Crippen LogP contribution in [0.4, 0.5) is 17.6 Å². The fourth-order valence-electron chi connectivity index (χ4n) is 2.09. The molecule has 0 aliphatic rings. The van der Waals surface area contributed by atoms with E-state index in [1.54, 1.807) is 25.1 Å². The Morgan fingerprint density at radius 3 is 2.23 bits per heavy atom. The third kappa shape index (κ3) is 3.13. The largest absolute Gasteiger partial charge is 0.496 e. The summed E-state index contributed by atoms with van der Waals surface area (Å²) >= 11 is 0. The molecule has 0 heterocycles. The Labute approximate surface area is 125 Å². The molecular formula is C17H14F4O. The summed E-state index contributed by atoms with van der Waals surface area (Å²) in [5.74, 6) is -0.573. The molecule has 0 spiro atoms. The van der Waals surface area contributed by atoms with Gasteiger partial charge >= 0.3 is 6.18 Å². The van der Waals surface area contributed by atoms with Gasteiger partial charge in [0.1, 0.15) is 11.6 Å². The maximum absolute atomic E-state index is 14.1. The Balaban J connectivity index is 2.60. The third-order valence-electron chi connectivity index (χ3n) is 3.28. The van der Waals surface area contributed by atoms with E-state index in [9.17, 15) is 17.6 Å². The van der Waals surface area contributed by atoms with Crippen molar-refractivity contribution in [2.45, 2.75) is 13.1 Å². The first kappa shape index (κ1) is 16.1. The van der Waals surface area contributed by atoms with Crippen molar-refractivity contribution in [3.8, 4) is 16.9 Å². The van der Waals surface area contributed by atoms with E-state index in [1.165, 1.54) is 7.11 Å². The maximum atomic E-state index is 14.1. The summed E-state index contributed by atoms with van der Waals surface area (Å²) in [6.07, 6.45) is -4.58. The fraction of sp³-hybridized carbons (Fsp3) is 0.176. The lowest BCUT2D eigenvalue weighted by atomic mass is 9.98. The van der Waals surface area contributed by atoms with Gasteiger partial charge in [-0.15, -0.1) is 0 Å². The van der Waals surface area contributed by atoms with E-state index in [0.717, 1.165) is 23.3 Å². The van der Waals surface area contributed by atoms with Gasteiger partial charge < -0.3 is 4.74 Å². The van der Waals surface area contributed by atoms with Gasteiger partial charge in [0.2, 0.25) is 0 Å². The van der Waals surface area contributed by atoms with Gasteiger partial charge in [0, 0.05) is 11.1 Å². The highest BCUT2D eigenvalue weighted by molar-refractivity contribution is 5.76. The summed E-state index contributed by atoms with van der Waals surface area (Å²) in [4.78, 5) is 0. The van der Waals surface area contributed by atoms with Crippen LogP contribution in [0.15, 0.2) is 43.0 Å². The monoisotopic (exact) mass is 310 g/mol. The lowest BCUT2D eigenvalue weighted by molar-refractivity contribution is -0.137. The van der Waals surface area contributed by atoms with Crippen LogP contribution in [0, 0.1) is 5.82 Å². The molecule has 2 aromatic rings. The van der Waals surface area contributed by atoms with Crippen LogP contribution in [0.3, 0.4) is 0 Å². The van der Waals surface area contributed by atoms with Crippen LogP contribution in [0.5, 0.6) is 5.75 Å². The molecule has 0 bridgehead atoms. The Morgan fingerprint density at radius 2 is 1.73 bits per heavy atom. The number of hydrogen-bond donors (Lipinski definition) is 0. The highest BCUT2D eigenvalue weighted by Gasteiger charge is 2.31. The summed E-state index contributed by atoms with van der Waals surface area (Å²) in [5.41, 5.74) is 0.928. The van der Waals surface area contributed by atoms with Crippen LogP contribution in [0.25, 0.3) is 16.7 Å². The quantitative estimate of drug-likeness (QED) is 0.675. The van der Waals surface area contributed by atoms with Crippen molar-refractivity contribution in [2.24, 2.45) is 0 Å². The number of hydrogen-bond acceptors (Lipinski definition) is 1. The SMILES string of the molecule is C=C(C)c1ccc(OC)c(-c2ccc(C(F)(F)F)cc2F)c1. The zero-order chi connectivity index (χ0) is 16.5. The highest BCUT2D eigenvalue weighted by atomic mass is 19.4. The molecule has 2 aromatic carbocycles. The Bertz CT molecular complexity index is 717. The first-order valence-electron chi connectivity index (χ1n) is 6.45. The van der Waals surface area contributed by atoms with Crippen LogP contribution in [0.1, 0.15) is 18.1 Å². The number of alkyl halides is 3. The molecule has 5 heteroatoms. The van der Waals surface area contributed by atoms with Crippen molar-refractivity contribution < 1.29 is 22.3 Å². The second-order valence-electron chi connectivity index (χ2n) is 4.89. The van der Waals surface area contributed by atoms with Crippen molar-refractivity contribution in [3.63, 3.8) is 0 Å². The van der Waals surface area contributed by atoms with E-state index >= 15 is 0 Å². The zero-order valence-electron chi connectivity index (χ0n) is 12.1. The van der Waals surface area contributed by atoms with Crippen molar-refractivity contribution in [1.29, 1.82) is 0 Å². The van der Waals surface area contributed by atoms with Crippen LogP contribution < -0.4 is 4.74 Å². The summed E-state index contributed by atoms with van der Waals surface area (Å²) < 4.78 is 57.1. The van der Waals surface area contributed by atoms with Gasteiger partial charge in [0.25, 0.3) is 0 Å². The molecule has 0 saturated carbocycles. The van der Waals surface area contributed by atoms with Gasteiger partial charge in [-0.2, -0.15) is 13.2 Å². The van der Waals surface area contributed by atoms with E-state index < -0.39 is 17.6 Å². The second kappa shape index (κ2) is 5.83. The summed E-state index contributed by atoms with van der Waals surface area (Å²) in [6, 6.07) is 7.49. The first-order chi connectivity index (χ1) is 10.2. The lowest BCUT2D eigenvalue weighted by Gasteiger charge is -2.13. The molecule has 0 atom stereocenters. The maximum Gasteiger partial charge on any atom is 0.416 e. The summed E-state index contributed by atoms with van der Waals surface area (Å²) in [6.45, 7) is 5.59. The summed E-state index contributed by atoms with van der Waals surface area (Å²) in [7, 11) is 1.42. The molecule has 1 nitrogen and oxygen atoms in total. The molecule has 22 heavy (non-hydrogen) atoms. The fourth-order valence-corrected chi connectivity index (χ4v) is 2.09. The number of allylic oxidation sites excluding steroid dienone is 1. The van der Waals surface area contributed by atoms with Gasteiger partial charge in [-0.1, -0.05) is 24.3 Å². The molecule has 0 radical (unpaired) electrons. The minimum absolute atomic E-state index is 0.0490. The molecule has 0 saturated heterocycles. The average molecular weight is 310 g/mol. The number of halogens is 4. The highest BCUT2D eigenvalue weighted by Crippen LogP contribution is 2.37. The van der Waals surface area contributed by atoms with Crippen LogP contribution in [-0.2, 0) is 6.18 Å². The lowest BCUT2D eigenvalue weighted by Crippen LogP contribution is -2.05. The van der Waals surface area contributed by atoms with E-state index in [4.69, 9.17) is 4.74 Å². The molecule has 2 rings (SSSR count). The molecule has 0 unspecified atom stereocenters. The number of rotatable bonds is 3. The number of ether oxygens (including phenoxy) is 1. The van der Waals surface area contributed by atoms with E-state index in [0.29, 0.717) is 17.4 Å². The Morgan fingerprint density at radius 1 is 1.05 bits per heavy atom. The minimum Gasteiger partial charge on any atom is -0.496 e. The average Bonchev–Trinajstić information content (AvgIpc) is 2.45. The van der Waals surface area contributed by atoms with Crippen LogP contribution in [0.2, 0.25) is 0 Å². The first-order valence-corrected chi connectivity index (χ1v) is 6.45. The Kier molecular flexibility index (Phi) is 4.26. The molecule has 0 N–H and O–H groups in total. The predicted octanol–water partition coefficient (Wildman–Crippen LogP) is 5.55. The van der Waals surface area contributed by atoms with Gasteiger partial charge in [-0.3, -0.25) is 0 Å². The standard InChI is InChI=1S/C17H14F4O/c1-10(2)11-4-7-16(22-3)14(8-11)13-6-5-12(9-15(13)18)17(19,20)21/h4-9H,1H2,2-3H3. The number of methoxy groups -OCH3 is 1. The van der Waals surface area contributed by atoms with Gasteiger partial charge in [0.15, 0.2) is 0 Å². The van der Waals surface area contributed by atoms with Crippen molar-refractivity contribution in [2.75, 3.05) is 7.11 Å². The van der Waals surface area contributed by atoms with Crippen LogP contribution >= 0.6 is 0 Å². The van der Waals surface area contributed by atoms with Gasteiger partial charge in [0.05, 0.1) is 12.7 Å². The van der Waals surface area contributed by atoms with Crippen molar-refractivity contribution in [1.82, 2.24) is 0 Å². The van der Waals surface area contributed by atoms with Gasteiger partial charge in [-0.25, -0.2) is 4.39 Å². The molecule has 0 aromatic heterocycles. The van der Waals surface area contributed by atoms with Crippen molar-refractivity contribution >= 4 is 5.57 Å². The minimum atomic E-state index is -4.58. The molecule has 0 fully saturated rings. The molecular weight excluding hydrogens is 296 g/mol. The van der Waals surface area contributed by atoms with E-state index in [2.05, 4.69) is 6.58 Å². The third-order valence-corrected chi connectivity index (χ3v) is 3.28. The molecule has 0 aliphatic carbocycles. The second-order valence-corrected chi connectivity index (χ2v) is 4.89. The van der Waals surface area contributed by atoms with Gasteiger partial charge in [-0.05, 0) is 36.8 Å². The smallest absolute Gasteiger partial charge is 0.416 e. The number of benzene rings is 2. The normalized spacial score (nSPS) is 11.4. The zero-order valence-corrected chi connectivity index (χ0v) is 12.1. The van der Waals surface area contributed by atoms with E-state index in [-0.39, 0.29) is 5.56 Å².